The number of aliphatic hydroxyl groups excluding tert-OH is 1. The maximum Gasteiger partial charge on any atom is 0.167 e. The number of halogens is 1. The number of hydrogen-bond donors (Lipinski definition) is 3. The molecule has 0 amide bonds. The number of benzene rings is 2. The van der Waals surface area contributed by atoms with Gasteiger partial charge in [0.25, 0.3) is 0 Å². The van der Waals surface area contributed by atoms with Crippen LogP contribution in [0.5, 0.6) is 0 Å². The van der Waals surface area contributed by atoms with Crippen LogP contribution in [0, 0.1) is 5.82 Å². The first-order valence-electron chi connectivity index (χ1n) is 11.5. The highest BCUT2D eigenvalue weighted by Gasteiger charge is 2.19. The SMILES string of the molecule is OCCn1c(-c2ccc(C3=CCNCC3)cc2)nnc1-c1ccc(C2=CCNCC2)cc1F. The summed E-state index contributed by atoms with van der Waals surface area (Å²) in [6.45, 7) is 3.78. The molecule has 0 atom stereocenters. The molecule has 0 spiro atoms. The van der Waals surface area contributed by atoms with Crippen molar-refractivity contribution in [1.29, 1.82) is 0 Å². The molecule has 0 saturated carbocycles. The minimum Gasteiger partial charge on any atom is -0.395 e. The van der Waals surface area contributed by atoms with Gasteiger partial charge in [-0.05, 0) is 60.3 Å². The van der Waals surface area contributed by atoms with Crippen LogP contribution in [-0.4, -0.2) is 52.7 Å². The lowest BCUT2D eigenvalue weighted by molar-refractivity contribution is 0.277. The lowest BCUT2D eigenvalue weighted by atomic mass is 9.98. The summed E-state index contributed by atoms with van der Waals surface area (Å²) in [5.74, 6) is 0.709. The van der Waals surface area contributed by atoms with Crippen LogP contribution in [0.15, 0.2) is 54.6 Å². The number of rotatable bonds is 6. The lowest BCUT2D eigenvalue weighted by Crippen LogP contribution is -2.20. The molecule has 3 heterocycles. The maximum absolute atomic E-state index is 15.2. The summed E-state index contributed by atoms with van der Waals surface area (Å²) in [6.07, 6.45) is 6.21. The predicted octanol–water partition coefficient (Wildman–Crippen LogP) is 3.50. The molecule has 7 heteroatoms. The molecule has 1 aromatic heterocycles. The van der Waals surface area contributed by atoms with E-state index in [1.807, 2.05) is 18.2 Å². The second kappa shape index (κ2) is 9.79. The lowest BCUT2D eigenvalue weighted by Gasteiger charge is -2.15. The Kier molecular flexibility index (Phi) is 6.44. The van der Waals surface area contributed by atoms with Gasteiger partial charge in [0.05, 0.1) is 12.2 Å². The Hall–Kier alpha value is -3.13. The molecule has 0 fully saturated rings. The zero-order valence-electron chi connectivity index (χ0n) is 18.5. The Morgan fingerprint density at radius 1 is 0.818 bits per heavy atom. The van der Waals surface area contributed by atoms with Crippen molar-refractivity contribution in [2.45, 2.75) is 19.4 Å². The van der Waals surface area contributed by atoms with Crippen LogP contribution in [0.2, 0.25) is 0 Å². The summed E-state index contributed by atoms with van der Waals surface area (Å²) in [6, 6.07) is 13.5. The van der Waals surface area contributed by atoms with Gasteiger partial charge >= 0.3 is 0 Å². The van der Waals surface area contributed by atoms with E-state index in [1.165, 1.54) is 11.1 Å². The fourth-order valence-corrected chi connectivity index (χ4v) is 4.53. The van der Waals surface area contributed by atoms with Gasteiger partial charge < -0.3 is 20.3 Å². The van der Waals surface area contributed by atoms with E-state index < -0.39 is 0 Å². The molecule has 3 aromatic rings. The van der Waals surface area contributed by atoms with Gasteiger partial charge in [0, 0.05) is 25.2 Å². The summed E-state index contributed by atoms with van der Waals surface area (Å²) in [5, 5.41) is 25.0. The summed E-state index contributed by atoms with van der Waals surface area (Å²) in [7, 11) is 0. The maximum atomic E-state index is 15.2. The van der Waals surface area contributed by atoms with E-state index in [4.69, 9.17) is 0 Å². The van der Waals surface area contributed by atoms with Gasteiger partial charge in [-0.15, -0.1) is 10.2 Å². The molecule has 0 unspecified atom stereocenters. The van der Waals surface area contributed by atoms with Crippen molar-refractivity contribution >= 4 is 11.1 Å². The van der Waals surface area contributed by atoms with Gasteiger partial charge in [0.1, 0.15) is 5.82 Å². The molecule has 6 nitrogen and oxygen atoms in total. The molecule has 0 aliphatic carbocycles. The summed E-state index contributed by atoms with van der Waals surface area (Å²) < 4.78 is 17.0. The highest BCUT2D eigenvalue weighted by atomic mass is 19.1. The molecule has 5 rings (SSSR count). The predicted molar refractivity (Wildman–Crippen MR) is 129 cm³/mol. The number of aliphatic hydroxyl groups is 1. The molecule has 2 aliphatic heterocycles. The minimum atomic E-state index is -0.335. The topological polar surface area (TPSA) is 75.0 Å². The number of nitrogens with one attached hydrogen (secondary N) is 2. The van der Waals surface area contributed by atoms with Gasteiger partial charge in [-0.25, -0.2) is 4.39 Å². The van der Waals surface area contributed by atoms with E-state index in [0.29, 0.717) is 17.2 Å². The molecule has 2 aliphatic rings. The van der Waals surface area contributed by atoms with Crippen molar-refractivity contribution in [3.05, 3.63) is 71.6 Å². The van der Waals surface area contributed by atoms with Crippen molar-refractivity contribution in [3.8, 4) is 22.8 Å². The van der Waals surface area contributed by atoms with E-state index >= 15 is 4.39 Å². The van der Waals surface area contributed by atoms with Crippen LogP contribution in [-0.2, 0) is 6.54 Å². The molecular formula is C26H28FN5O. The zero-order chi connectivity index (χ0) is 22.6. The van der Waals surface area contributed by atoms with Crippen LogP contribution >= 0.6 is 0 Å². The second-order valence-corrected chi connectivity index (χ2v) is 8.36. The molecule has 0 saturated heterocycles. The van der Waals surface area contributed by atoms with Crippen LogP contribution in [0.4, 0.5) is 4.39 Å². The van der Waals surface area contributed by atoms with Crippen LogP contribution in [0.25, 0.3) is 33.9 Å². The Morgan fingerprint density at radius 3 is 2.03 bits per heavy atom. The van der Waals surface area contributed by atoms with Crippen molar-refractivity contribution in [2.24, 2.45) is 0 Å². The summed E-state index contributed by atoms with van der Waals surface area (Å²) in [5.41, 5.74) is 5.86. The van der Waals surface area contributed by atoms with Gasteiger partial charge in [0.2, 0.25) is 0 Å². The zero-order valence-corrected chi connectivity index (χ0v) is 18.5. The first-order valence-corrected chi connectivity index (χ1v) is 11.5. The quantitative estimate of drug-likeness (QED) is 0.542. The number of aromatic nitrogens is 3. The van der Waals surface area contributed by atoms with E-state index in [2.05, 4.69) is 45.1 Å². The Morgan fingerprint density at radius 2 is 1.42 bits per heavy atom. The fourth-order valence-electron chi connectivity index (χ4n) is 4.53. The van der Waals surface area contributed by atoms with Crippen molar-refractivity contribution in [2.75, 3.05) is 32.8 Å². The molecule has 0 bridgehead atoms. The third kappa shape index (κ3) is 4.53. The largest absolute Gasteiger partial charge is 0.395 e. The van der Waals surface area contributed by atoms with Crippen LogP contribution in [0.3, 0.4) is 0 Å². The first kappa shape index (κ1) is 21.7. The van der Waals surface area contributed by atoms with E-state index in [1.54, 1.807) is 16.7 Å². The smallest absolute Gasteiger partial charge is 0.167 e. The first-order chi connectivity index (χ1) is 16.2. The highest BCUT2D eigenvalue weighted by molar-refractivity contribution is 5.72. The van der Waals surface area contributed by atoms with E-state index in [-0.39, 0.29) is 19.0 Å². The molecule has 0 radical (unpaired) electrons. The number of hydrogen-bond acceptors (Lipinski definition) is 5. The second-order valence-electron chi connectivity index (χ2n) is 8.36. The highest BCUT2D eigenvalue weighted by Crippen LogP contribution is 2.30. The van der Waals surface area contributed by atoms with Gasteiger partial charge in [-0.1, -0.05) is 42.5 Å². The third-order valence-corrected chi connectivity index (χ3v) is 6.30. The summed E-state index contributed by atoms with van der Waals surface area (Å²) >= 11 is 0. The van der Waals surface area contributed by atoms with Gasteiger partial charge in [-0.3, -0.25) is 0 Å². The standard InChI is InChI=1S/C26H28FN5O/c27-24-17-22(20-9-13-29-14-10-20)5-6-23(24)26-31-30-25(32(26)15-16-33)21-3-1-18(2-4-21)19-7-11-28-12-8-19/h1-7,9,17,28-29,33H,8,10-16H2. The molecule has 170 valence electrons. The van der Waals surface area contributed by atoms with E-state index in [9.17, 15) is 5.11 Å². The molecular weight excluding hydrogens is 417 g/mol. The van der Waals surface area contributed by atoms with Gasteiger partial charge in [-0.2, -0.15) is 0 Å². The monoisotopic (exact) mass is 445 g/mol. The normalized spacial score (nSPS) is 16.4. The Labute approximate surface area is 192 Å². The Balaban J connectivity index is 1.47. The minimum absolute atomic E-state index is 0.0877. The third-order valence-electron chi connectivity index (χ3n) is 6.30. The van der Waals surface area contributed by atoms with Crippen molar-refractivity contribution in [3.63, 3.8) is 0 Å². The Bertz CT molecular complexity index is 1200. The molecule has 3 N–H and O–H groups in total. The molecule has 2 aromatic carbocycles. The average Bonchev–Trinajstić information content (AvgIpc) is 3.28. The average molecular weight is 446 g/mol. The van der Waals surface area contributed by atoms with E-state index in [0.717, 1.165) is 55.7 Å². The molecule has 33 heavy (non-hydrogen) atoms. The van der Waals surface area contributed by atoms with Gasteiger partial charge in [0.15, 0.2) is 11.6 Å². The fraction of sp³-hybridized carbons (Fsp3) is 0.308. The number of nitrogens with zero attached hydrogens (tertiary/aromatic N) is 3. The van der Waals surface area contributed by atoms with Crippen LogP contribution in [0.1, 0.15) is 24.0 Å². The van der Waals surface area contributed by atoms with Crippen LogP contribution < -0.4 is 10.6 Å². The van der Waals surface area contributed by atoms with Crippen molar-refractivity contribution in [1.82, 2.24) is 25.4 Å². The van der Waals surface area contributed by atoms with Crippen molar-refractivity contribution < 1.29 is 9.50 Å². The summed E-state index contributed by atoms with van der Waals surface area (Å²) in [4.78, 5) is 0.